The van der Waals surface area contributed by atoms with Crippen LogP contribution in [-0.2, 0) is 4.79 Å². The highest BCUT2D eigenvalue weighted by atomic mass is 16.1. The maximum absolute atomic E-state index is 11.4. The van der Waals surface area contributed by atoms with Crippen molar-refractivity contribution in [2.45, 2.75) is 58.8 Å². The first-order chi connectivity index (χ1) is 7.70. The van der Waals surface area contributed by atoms with Crippen molar-refractivity contribution in [2.75, 3.05) is 13.1 Å². The van der Waals surface area contributed by atoms with Gasteiger partial charge < -0.3 is 11.1 Å². The Labute approximate surface area is 100 Å². The molecule has 0 aliphatic rings. The first-order valence-corrected chi connectivity index (χ1v) is 6.67. The number of carbonyl (C=O) groups excluding carboxylic acids is 1. The predicted molar refractivity (Wildman–Crippen MR) is 69.2 cm³/mol. The van der Waals surface area contributed by atoms with Gasteiger partial charge in [-0.3, -0.25) is 4.79 Å². The van der Waals surface area contributed by atoms with Gasteiger partial charge in [0.25, 0.3) is 0 Å². The number of hydrogen-bond donors (Lipinski definition) is 2. The van der Waals surface area contributed by atoms with E-state index in [1.54, 1.807) is 0 Å². The van der Waals surface area contributed by atoms with Crippen molar-refractivity contribution in [3.63, 3.8) is 0 Å². The summed E-state index contributed by atoms with van der Waals surface area (Å²) in [5.74, 6) is 0.749. The summed E-state index contributed by atoms with van der Waals surface area (Å²) in [5.41, 5.74) is 5.44. The first-order valence-electron chi connectivity index (χ1n) is 6.67. The van der Waals surface area contributed by atoms with Crippen molar-refractivity contribution in [1.29, 1.82) is 0 Å². The van der Waals surface area contributed by atoms with Gasteiger partial charge >= 0.3 is 0 Å². The normalized spacial score (nSPS) is 12.4. The summed E-state index contributed by atoms with van der Waals surface area (Å²) in [6, 6.07) is 0. The summed E-state index contributed by atoms with van der Waals surface area (Å²) in [6.45, 7) is 5.88. The number of unbranched alkanes of at least 4 members (excludes halogenated alkanes) is 3. The van der Waals surface area contributed by atoms with E-state index >= 15 is 0 Å². The van der Waals surface area contributed by atoms with Crippen LogP contribution in [0.2, 0.25) is 0 Å². The number of nitrogens with one attached hydrogen (secondary N) is 1. The maximum Gasteiger partial charge on any atom is 0.220 e. The topological polar surface area (TPSA) is 55.1 Å². The van der Waals surface area contributed by atoms with Gasteiger partial charge in [0.15, 0.2) is 0 Å². The minimum absolute atomic E-state index is 0.204. The van der Waals surface area contributed by atoms with Crippen LogP contribution in [0.3, 0.4) is 0 Å². The van der Waals surface area contributed by atoms with Crippen LogP contribution in [-0.4, -0.2) is 19.0 Å². The number of nitrogens with two attached hydrogens (primary N) is 1. The largest absolute Gasteiger partial charge is 0.356 e. The van der Waals surface area contributed by atoms with Gasteiger partial charge in [0.2, 0.25) is 5.91 Å². The smallest absolute Gasteiger partial charge is 0.220 e. The van der Waals surface area contributed by atoms with E-state index in [2.05, 4.69) is 19.2 Å². The van der Waals surface area contributed by atoms with Crippen LogP contribution in [0.1, 0.15) is 58.8 Å². The van der Waals surface area contributed by atoms with Crippen molar-refractivity contribution >= 4 is 5.91 Å². The van der Waals surface area contributed by atoms with Crippen molar-refractivity contribution in [3.8, 4) is 0 Å². The second-order valence-electron chi connectivity index (χ2n) is 4.65. The number of amides is 1. The highest BCUT2D eigenvalue weighted by Crippen LogP contribution is 2.04. The Morgan fingerprint density at radius 1 is 1.25 bits per heavy atom. The quantitative estimate of drug-likeness (QED) is 0.564. The molecule has 1 unspecified atom stereocenters. The lowest BCUT2D eigenvalue weighted by Gasteiger charge is -2.11. The molecule has 0 fully saturated rings. The molecule has 3 N–H and O–H groups in total. The Morgan fingerprint density at radius 2 is 2.00 bits per heavy atom. The third-order valence-corrected chi connectivity index (χ3v) is 2.81. The summed E-state index contributed by atoms with van der Waals surface area (Å²) in [7, 11) is 0. The molecule has 0 bridgehead atoms. The molecule has 0 aromatic carbocycles. The fraction of sp³-hybridized carbons (Fsp3) is 0.923. The molecular formula is C13H28N2O. The molecule has 0 aromatic heterocycles. The van der Waals surface area contributed by atoms with Crippen molar-refractivity contribution < 1.29 is 4.79 Å². The van der Waals surface area contributed by atoms with Crippen LogP contribution < -0.4 is 11.1 Å². The fourth-order valence-corrected chi connectivity index (χ4v) is 1.66. The fourth-order valence-electron chi connectivity index (χ4n) is 1.66. The molecule has 96 valence electrons. The molecule has 3 nitrogen and oxygen atoms in total. The van der Waals surface area contributed by atoms with Gasteiger partial charge in [0.1, 0.15) is 0 Å². The van der Waals surface area contributed by atoms with E-state index in [1.165, 1.54) is 19.3 Å². The summed E-state index contributed by atoms with van der Waals surface area (Å²) in [5, 5.41) is 2.99. The van der Waals surface area contributed by atoms with Crippen molar-refractivity contribution in [2.24, 2.45) is 11.7 Å². The maximum atomic E-state index is 11.4. The Bertz CT molecular complexity index is 171. The zero-order valence-corrected chi connectivity index (χ0v) is 10.9. The van der Waals surface area contributed by atoms with E-state index in [-0.39, 0.29) is 5.91 Å². The molecule has 1 atom stereocenters. The average molecular weight is 228 g/mol. The molecule has 0 aromatic rings. The third-order valence-electron chi connectivity index (χ3n) is 2.81. The second kappa shape index (κ2) is 10.9. The standard InChI is InChI=1S/C13H28N2O/c1-3-4-5-6-9-13(16)15-11-12(2)8-7-10-14/h12H,3-11,14H2,1-2H3,(H,15,16). The monoisotopic (exact) mass is 228 g/mol. The van der Waals surface area contributed by atoms with Gasteiger partial charge in [-0.25, -0.2) is 0 Å². The highest BCUT2D eigenvalue weighted by Gasteiger charge is 2.04. The molecule has 1 amide bonds. The van der Waals surface area contributed by atoms with Crippen molar-refractivity contribution in [3.05, 3.63) is 0 Å². The molecule has 0 aliphatic heterocycles. The molecular weight excluding hydrogens is 200 g/mol. The summed E-state index contributed by atoms with van der Waals surface area (Å²) in [6.07, 6.45) is 7.49. The number of carbonyl (C=O) groups is 1. The number of hydrogen-bond acceptors (Lipinski definition) is 2. The highest BCUT2D eigenvalue weighted by molar-refractivity contribution is 5.75. The predicted octanol–water partition coefficient (Wildman–Crippen LogP) is 2.45. The molecule has 0 saturated carbocycles. The summed E-state index contributed by atoms with van der Waals surface area (Å²) >= 11 is 0. The molecule has 0 aliphatic carbocycles. The second-order valence-corrected chi connectivity index (χ2v) is 4.65. The van der Waals surface area contributed by atoms with E-state index < -0.39 is 0 Å². The van der Waals surface area contributed by atoms with E-state index in [1.807, 2.05) is 0 Å². The van der Waals surface area contributed by atoms with Gasteiger partial charge in [-0.05, 0) is 31.7 Å². The molecule has 16 heavy (non-hydrogen) atoms. The lowest BCUT2D eigenvalue weighted by molar-refractivity contribution is -0.121. The van der Waals surface area contributed by atoms with Gasteiger partial charge in [-0.15, -0.1) is 0 Å². The molecule has 0 spiro atoms. The van der Waals surface area contributed by atoms with Gasteiger partial charge in [0, 0.05) is 13.0 Å². The van der Waals surface area contributed by atoms with Gasteiger partial charge in [-0.2, -0.15) is 0 Å². The van der Waals surface area contributed by atoms with Crippen LogP contribution >= 0.6 is 0 Å². The lowest BCUT2D eigenvalue weighted by Crippen LogP contribution is -2.28. The van der Waals surface area contributed by atoms with Crippen LogP contribution in [0.15, 0.2) is 0 Å². The van der Waals surface area contributed by atoms with Gasteiger partial charge in [0.05, 0.1) is 0 Å². The Balaban J connectivity index is 3.35. The SMILES string of the molecule is CCCCCCC(=O)NCC(C)CCCN. The zero-order chi connectivity index (χ0) is 12.2. The summed E-state index contributed by atoms with van der Waals surface area (Å²) < 4.78 is 0. The van der Waals surface area contributed by atoms with Crippen LogP contribution in [0.4, 0.5) is 0 Å². The molecule has 0 heterocycles. The minimum Gasteiger partial charge on any atom is -0.356 e. The van der Waals surface area contributed by atoms with Gasteiger partial charge in [-0.1, -0.05) is 33.1 Å². The van der Waals surface area contributed by atoms with E-state index in [4.69, 9.17) is 5.73 Å². The van der Waals surface area contributed by atoms with Crippen LogP contribution in [0, 0.1) is 5.92 Å². The average Bonchev–Trinajstić information content (AvgIpc) is 2.29. The van der Waals surface area contributed by atoms with Crippen molar-refractivity contribution in [1.82, 2.24) is 5.32 Å². The Kier molecular flexibility index (Phi) is 10.5. The van der Waals surface area contributed by atoms with E-state index in [0.29, 0.717) is 12.3 Å². The van der Waals surface area contributed by atoms with Crippen LogP contribution in [0.25, 0.3) is 0 Å². The summed E-state index contributed by atoms with van der Waals surface area (Å²) in [4.78, 5) is 11.4. The van der Waals surface area contributed by atoms with E-state index in [9.17, 15) is 4.79 Å². The lowest BCUT2D eigenvalue weighted by atomic mass is 10.1. The number of rotatable bonds is 10. The molecule has 0 saturated heterocycles. The molecule has 0 rings (SSSR count). The zero-order valence-electron chi connectivity index (χ0n) is 10.9. The third kappa shape index (κ3) is 9.97. The van der Waals surface area contributed by atoms with E-state index in [0.717, 1.165) is 32.4 Å². The first kappa shape index (κ1) is 15.4. The van der Waals surface area contributed by atoms with Crippen LogP contribution in [0.5, 0.6) is 0 Å². The Morgan fingerprint density at radius 3 is 2.62 bits per heavy atom. The molecule has 3 heteroatoms. The Hall–Kier alpha value is -0.570. The molecule has 0 radical (unpaired) electrons. The minimum atomic E-state index is 0.204.